The fourth-order valence-corrected chi connectivity index (χ4v) is 1.31. The maximum atomic E-state index is 11.3. The third-order valence-electron chi connectivity index (χ3n) is 1.80. The minimum absolute atomic E-state index is 0.259. The summed E-state index contributed by atoms with van der Waals surface area (Å²) in [7, 11) is 0. The molecule has 0 fully saturated rings. The molecule has 90 valence electrons. The van der Waals surface area contributed by atoms with Gasteiger partial charge in [0, 0.05) is 10.6 Å². The van der Waals surface area contributed by atoms with Crippen LogP contribution in [0.25, 0.3) is 0 Å². The van der Waals surface area contributed by atoms with Gasteiger partial charge in [-0.2, -0.15) is 0 Å². The molecular formula is C12H12ClNO3. The standard InChI is InChI=1S/C12H12ClNO3/c1-2-17-12(16)14-11-6-5-10(13)8-9(11)4-3-7-15/h5-6,8,15H,2,7H2,1H3,(H,14,16). The Kier molecular flexibility index (Phi) is 5.34. The Labute approximate surface area is 105 Å². The smallest absolute Gasteiger partial charge is 0.411 e. The van der Waals surface area contributed by atoms with Gasteiger partial charge >= 0.3 is 6.09 Å². The Morgan fingerprint density at radius 2 is 2.35 bits per heavy atom. The van der Waals surface area contributed by atoms with Crippen LogP contribution in [-0.2, 0) is 4.74 Å². The van der Waals surface area contributed by atoms with Crippen molar-refractivity contribution in [1.29, 1.82) is 0 Å². The first-order valence-corrected chi connectivity index (χ1v) is 5.38. The average molecular weight is 254 g/mol. The van der Waals surface area contributed by atoms with Gasteiger partial charge in [0.2, 0.25) is 0 Å². The van der Waals surface area contributed by atoms with E-state index in [2.05, 4.69) is 17.2 Å². The van der Waals surface area contributed by atoms with Gasteiger partial charge in [0.1, 0.15) is 6.61 Å². The van der Waals surface area contributed by atoms with Gasteiger partial charge in [-0.05, 0) is 25.1 Å². The second-order valence-electron chi connectivity index (χ2n) is 3.00. The largest absolute Gasteiger partial charge is 0.450 e. The lowest BCUT2D eigenvalue weighted by Crippen LogP contribution is -2.14. The van der Waals surface area contributed by atoms with Crippen molar-refractivity contribution in [3.8, 4) is 11.8 Å². The molecule has 2 N–H and O–H groups in total. The summed E-state index contributed by atoms with van der Waals surface area (Å²) in [6.07, 6.45) is -0.554. The molecule has 0 aliphatic rings. The molecule has 0 radical (unpaired) electrons. The van der Waals surface area contributed by atoms with Crippen LogP contribution in [0.5, 0.6) is 0 Å². The molecule has 0 aromatic heterocycles. The molecule has 0 spiro atoms. The van der Waals surface area contributed by atoms with Crippen molar-refractivity contribution in [3.63, 3.8) is 0 Å². The van der Waals surface area contributed by atoms with Crippen molar-refractivity contribution in [1.82, 2.24) is 0 Å². The minimum atomic E-state index is -0.554. The van der Waals surface area contributed by atoms with Crippen molar-refractivity contribution < 1.29 is 14.6 Å². The van der Waals surface area contributed by atoms with Crippen molar-refractivity contribution in [2.24, 2.45) is 0 Å². The van der Waals surface area contributed by atoms with Gasteiger partial charge in [0.05, 0.1) is 12.3 Å². The lowest BCUT2D eigenvalue weighted by molar-refractivity contribution is 0.168. The Bertz CT molecular complexity index is 463. The van der Waals surface area contributed by atoms with E-state index >= 15 is 0 Å². The number of benzene rings is 1. The normalized spacial score (nSPS) is 9.12. The maximum absolute atomic E-state index is 11.3. The number of aliphatic hydroxyl groups is 1. The summed E-state index contributed by atoms with van der Waals surface area (Å²) < 4.78 is 4.75. The fraction of sp³-hybridized carbons (Fsp3) is 0.250. The molecule has 0 atom stereocenters. The number of carbonyl (C=O) groups is 1. The number of carbonyl (C=O) groups excluding carboxylic acids is 1. The molecule has 0 saturated carbocycles. The highest BCUT2D eigenvalue weighted by Crippen LogP contribution is 2.20. The molecule has 1 aromatic rings. The molecule has 17 heavy (non-hydrogen) atoms. The number of amides is 1. The first-order valence-electron chi connectivity index (χ1n) is 5.00. The highest BCUT2D eigenvalue weighted by atomic mass is 35.5. The van der Waals surface area contributed by atoms with Gasteiger partial charge in [-0.25, -0.2) is 4.79 Å². The molecule has 4 nitrogen and oxygen atoms in total. The molecule has 0 bridgehead atoms. The number of ether oxygens (including phenoxy) is 1. The third kappa shape index (κ3) is 4.35. The van der Waals surface area contributed by atoms with Gasteiger partial charge in [-0.1, -0.05) is 23.4 Å². The number of hydrogen-bond donors (Lipinski definition) is 2. The molecule has 0 heterocycles. The third-order valence-corrected chi connectivity index (χ3v) is 2.03. The van der Waals surface area contributed by atoms with Gasteiger partial charge < -0.3 is 9.84 Å². The van der Waals surface area contributed by atoms with Crippen LogP contribution in [0.1, 0.15) is 12.5 Å². The zero-order valence-corrected chi connectivity index (χ0v) is 10.0. The zero-order valence-electron chi connectivity index (χ0n) is 9.29. The van der Waals surface area contributed by atoms with Crippen molar-refractivity contribution >= 4 is 23.4 Å². The highest BCUT2D eigenvalue weighted by molar-refractivity contribution is 6.30. The quantitative estimate of drug-likeness (QED) is 0.795. The van der Waals surface area contributed by atoms with E-state index in [1.165, 1.54) is 0 Å². The maximum Gasteiger partial charge on any atom is 0.411 e. The van der Waals surface area contributed by atoms with Gasteiger partial charge in [-0.15, -0.1) is 0 Å². The first-order chi connectivity index (χ1) is 8.17. The molecule has 1 rings (SSSR count). The molecule has 5 heteroatoms. The van der Waals surface area contributed by atoms with Crippen LogP contribution in [0, 0.1) is 11.8 Å². The van der Waals surface area contributed by atoms with E-state index in [4.69, 9.17) is 21.4 Å². The molecule has 0 saturated heterocycles. The molecular weight excluding hydrogens is 242 g/mol. The number of hydrogen-bond acceptors (Lipinski definition) is 3. The lowest BCUT2D eigenvalue weighted by Gasteiger charge is -2.07. The van der Waals surface area contributed by atoms with E-state index in [0.717, 1.165) is 0 Å². The van der Waals surface area contributed by atoms with Crippen LogP contribution < -0.4 is 5.32 Å². The predicted molar refractivity (Wildman–Crippen MR) is 66.1 cm³/mol. The molecule has 0 aliphatic carbocycles. The monoisotopic (exact) mass is 253 g/mol. The minimum Gasteiger partial charge on any atom is -0.450 e. The van der Waals surface area contributed by atoms with Crippen molar-refractivity contribution in [2.75, 3.05) is 18.5 Å². The first kappa shape index (κ1) is 13.4. The van der Waals surface area contributed by atoms with Crippen LogP contribution in [0.15, 0.2) is 18.2 Å². The van der Waals surface area contributed by atoms with Crippen molar-refractivity contribution in [2.45, 2.75) is 6.92 Å². The van der Waals surface area contributed by atoms with Crippen LogP contribution in [0.4, 0.5) is 10.5 Å². The van der Waals surface area contributed by atoms with Crippen LogP contribution in [0.2, 0.25) is 5.02 Å². The van der Waals surface area contributed by atoms with Gasteiger partial charge in [0.25, 0.3) is 0 Å². The van der Waals surface area contributed by atoms with Crippen molar-refractivity contribution in [3.05, 3.63) is 28.8 Å². The Morgan fingerprint density at radius 1 is 1.59 bits per heavy atom. The molecule has 1 amide bonds. The van der Waals surface area contributed by atoms with E-state index in [9.17, 15) is 4.79 Å². The molecule has 0 aliphatic heterocycles. The predicted octanol–water partition coefficient (Wildman–Crippen LogP) is 2.25. The van der Waals surface area contributed by atoms with E-state index in [1.807, 2.05) is 0 Å². The second kappa shape index (κ2) is 6.79. The summed E-state index contributed by atoms with van der Waals surface area (Å²) in [5.74, 6) is 5.19. The zero-order chi connectivity index (χ0) is 12.7. The fourth-order valence-electron chi connectivity index (χ4n) is 1.14. The molecule has 0 unspecified atom stereocenters. The van der Waals surface area contributed by atoms with E-state index < -0.39 is 6.09 Å². The SMILES string of the molecule is CCOC(=O)Nc1ccc(Cl)cc1C#CCO. The van der Waals surface area contributed by atoms with Crippen LogP contribution in [0.3, 0.4) is 0 Å². The Balaban J connectivity index is 2.94. The topological polar surface area (TPSA) is 58.6 Å². The van der Waals surface area contributed by atoms with Gasteiger partial charge in [0.15, 0.2) is 0 Å². The average Bonchev–Trinajstić information content (AvgIpc) is 2.30. The number of rotatable bonds is 2. The number of aliphatic hydroxyl groups excluding tert-OH is 1. The second-order valence-corrected chi connectivity index (χ2v) is 3.43. The molecule has 1 aromatic carbocycles. The summed E-state index contributed by atoms with van der Waals surface area (Å²) in [4.78, 5) is 11.3. The number of nitrogens with one attached hydrogen (secondary N) is 1. The van der Waals surface area contributed by atoms with E-state index in [0.29, 0.717) is 16.3 Å². The Hall–Kier alpha value is -1.70. The summed E-state index contributed by atoms with van der Waals surface area (Å²) in [5, 5.41) is 11.7. The summed E-state index contributed by atoms with van der Waals surface area (Å²) >= 11 is 5.82. The number of anilines is 1. The van der Waals surface area contributed by atoms with Gasteiger partial charge in [-0.3, -0.25) is 5.32 Å². The summed E-state index contributed by atoms with van der Waals surface area (Å²) in [5.41, 5.74) is 1.02. The van der Waals surface area contributed by atoms with E-state index in [-0.39, 0.29) is 13.2 Å². The Morgan fingerprint density at radius 3 is 3.00 bits per heavy atom. The summed E-state index contributed by atoms with van der Waals surface area (Å²) in [6, 6.07) is 4.86. The summed E-state index contributed by atoms with van der Waals surface area (Å²) in [6.45, 7) is 1.75. The van der Waals surface area contributed by atoms with Crippen LogP contribution in [-0.4, -0.2) is 24.4 Å². The highest BCUT2D eigenvalue weighted by Gasteiger charge is 2.06. The van der Waals surface area contributed by atoms with E-state index in [1.54, 1.807) is 25.1 Å². The van der Waals surface area contributed by atoms with Crippen LogP contribution >= 0.6 is 11.6 Å². The number of halogens is 1. The lowest BCUT2D eigenvalue weighted by atomic mass is 10.2.